The van der Waals surface area contributed by atoms with E-state index in [1.807, 2.05) is 13.8 Å². The zero-order valence-corrected chi connectivity index (χ0v) is 10.3. The van der Waals surface area contributed by atoms with E-state index < -0.39 is 7.75 Å². The second kappa shape index (κ2) is 7.41. The van der Waals surface area contributed by atoms with Crippen LogP contribution in [0.1, 0.15) is 40.0 Å². The summed E-state index contributed by atoms with van der Waals surface area (Å²) in [6.45, 7) is 7.24. The average molecular weight is 223 g/mol. The lowest BCUT2D eigenvalue weighted by atomic mass is 10.3. The first-order chi connectivity index (χ1) is 6.58. The van der Waals surface area contributed by atoms with Crippen LogP contribution in [0.2, 0.25) is 0 Å². The lowest BCUT2D eigenvalue weighted by Gasteiger charge is -2.23. The standard InChI is InChI=1S/C9H22NO3P/c1-4-7-8-9-13-14(11,12)10(5-2)6-3/h4-9H2,1-3H3,(H,11,12). The van der Waals surface area contributed by atoms with Crippen LogP contribution < -0.4 is 0 Å². The molecule has 14 heavy (non-hydrogen) atoms. The van der Waals surface area contributed by atoms with Gasteiger partial charge in [-0.1, -0.05) is 33.6 Å². The zero-order chi connectivity index (χ0) is 11.0. The third-order valence-electron chi connectivity index (χ3n) is 2.09. The molecule has 1 unspecified atom stereocenters. The van der Waals surface area contributed by atoms with Gasteiger partial charge in [0.05, 0.1) is 6.61 Å². The first kappa shape index (κ1) is 14.1. The lowest BCUT2D eigenvalue weighted by Crippen LogP contribution is -2.20. The minimum absolute atomic E-state index is 0.373. The Bertz CT molecular complexity index is 183. The zero-order valence-electron chi connectivity index (χ0n) is 9.40. The Labute approximate surface area is 86.8 Å². The maximum atomic E-state index is 11.6. The molecule has 0 amide bonds. The molecular formula is C9H22NO3P. The lowest BCUT2D eigenvalue weighted by molar-refractivity contribution is 0.202. The van der Waals surface area contributed by atoms with Crippen molar-refractivity contribution in [2.75, 3.05) is 19.7 Å². The summed E-state index contributed by atoms with van der Waals surface area (Å²) in [4.78, 5) is 9.53. The van der Waals surface area contributed by atoms with E-state index >= 15 is 0 Å². The third-order valence-corrected chi connectivity index (χ3v) is 3.89. The SMILES string of the molecule is CCCCCOP(=O)(O)N(CC)CC. The Morgan fingerprint density at radius 1 is 1.21 bits per heavy atom. The van der Waals surface area contributed by atoms with E-state index in [0.717, 1.165) is 19.3 Å². The first-order valence-corrected chi connectivity index (χ1v) is 6.84. The monoisotopic (exact) mass is 223 g/mol. The molecule has 0 radical (unpaired) electrons. The van der Waals surface area contributed by atoms with E-state index in [4.69, 9.17) is 4.52 Å². The summed E-state index contributed by atoms with van der Waals surface area (Å²) in [6.07, 6.45) is 2.98. The van der Waals surface area contributed by atoms with Crippen molar-refractivity contribution in [3.8, 4) is 0 Å². The van der Waals surface area contributed by atoms with Gasteiger partial charge >= 0.3 is 7.75 Å². The number of nitrogens with zero attached hydrogens (tertiary/aromatic N) is 1. The molecule has 1 atom stereocenters. The second-order valence-corrected chi connectivity index (χ2v) is 4.97. The molecule has 0 rings (SSSR count). The Kier molecular flexibility index (Phi) is 7.47. The van der Waals surface area contributed by atoms with Crippen LogP contribution in [0.3, 0.4) is 0 Å². The topological polar surface area (TPSA) is 49.8 Å². The fourth-order valence-electron chi connectivity index (χ4n) is 1.20. The van der Waals surface area contributed by atoms with Crippen molar-refractivity contribution in [2.45, 2.75) is 40.0 Å². The predicted octanol–water partition coefficient (Wildman–Crippen LogP) is 2.64. The van der Waals surface area contributed by atoms with E-state index in [-0.39, 0.29) is 0 Å². The van der Waals surface area contributed by atoms with Gasteiger partial charge in [-0.25, -0.2) is 9.24 Å². The maximum Gasteiger partial charge on any atom is 0.405 e. The van der Waals surface area contributed by atoms with Gasteiger partial charge in [-0.15, -0.1) is 0 Å². The molecule has 0 aromatic heterocycles. The summed E-state index contributed by atoms with van der Waals surface area (Å²) in [5.74, 6) is 0. The molecule has 1 N–H and O–H groups in total. The Balaban J connectivity index is 3.87. The largest absolute Gasteiger partial charge is 0.405 e. The molecule has 0 saturated heterocycles. The molecule has 0 aromatic carbocycles. The summed E-state index contributed by atoms with van der Waals surface area (Å²) < 4.78 is 18.1. The van der Waals surface area contributed by atoms with E-state index in [2.05, 4.69) is 6.92 Å². The van der Waals surface area contributed by atoms with Gasteiger partial charge < -0.3 is 4.89 Å². The molecule has 0 aliphatic heterocycles. The molecule has 4 nitrogen and oxygen atoms in total. The number of hydrogen-bond donors (Lipinski definition) is 1. The number of unbranched alkanes of at least 4 members (excludes halogenated alkanes) is 2. The van der Waals surface area contributed by atoms with Gasteiger partial charge in [0.25, 0.3) is 0 Å². The molecule has 0 aliphatic carbocycles. The molecule has 0 spiro atoms. The minimum atomic E-state index is -3.51. The van der Waals surface area contributed by atoms with Gasteiger partial charge in [-0.2, -0.15) is 0 Å². The molecule has 0 saturated carbocycles. The normalized spacial score (nSPS) is 15.8. The van der Waals surface area contributed by atoms with Crippen molar-refractivity contribution in [1.29, 1.82) is 0 Å². The van der Waals surface area contributed by atoms with Crippen LogP contribution in [0.5, 0.6) is 0 Å². The number of hydrogen-bond acceptors (Lipinski definition) is 2. The molecule has 0 bridgehead atoms. The van der Waals surface area contributed by atoms with Gasteiger partial charge in [-0.05, 0) is 6.42 Å². The van der Waals surface area contributed by atoms with Crippen LogP contribution in [0.4, 0.5) is 0 Å². The molecular weight excluding hydrogens is 201 g/mol. The van der Waals surface area contributed by atoms with Gasteiger partial charge in [0.15, 0.2) is 0 Å². The highest BCUT2D eigenvalue weighted by Gasteiger charge is 2.26. The molecule has 0 aromatic rings. The molecule has 5 heteroatoms. The van der Waals surface area contributed by atoms with Crippen molar-refractivity contribution >= 4 is 7.75 Å². The van der Waals surface area contributed by atoms with Crippen molar-refractivity contribution in [3.05, 3.63) is 0 Å². The highest BCUT2D eigenvalue weighted by Crippen LogP contribution is 2.45. The highest BCUT2D eigenvalue weighted by molar-refractivity contribution is 7.50. The van der Waals surface area contributed by atoms with Crippen molar-refractivity contribution in [2.24, 2.45) is 0 Å². The van der Waals surface area contributed by atoms with Crippen LogP contribution in [0.15, 0.2) is 0 Å². The molecule has 86 valence electrons. The summed E-state index contributed by atoms with van der Waals surface area (Å²) in [5.41, 5.74) is 0. The minimum Gasteiger partial charge on any atom is -0.312 e. The fraction of sp³-hybridized carbons (Fsp3) is 1.00. The van der Waals surface area contributed by atoms with E-state index in [0.29, 0.717) is 19.7 Å². The maximum absolute atomic E-state index is 11.6. The first-order valence-electron chi connectivity index (χ1n) is 5.31. The second-order valence-electron chi connectivity index (χ2n) is 3.17. The van der Waals surface area contributed by atoms with Gasteiger partial charge in [0.2, 0.25) is 0 Å². The summed E-state index contributed by atoms with van der Waals surface area (Å²) in [5, 5.41) is 0. The van der Waals surface area contributed by atoms with Gasteiger partial charge in [-0.3, -0.25) is 4.52 Å². The van der Waals surface area contributed by atoms with Gasteiger partial charge in [0.1, 0.15) is 0 Å². The van der Waals surface area contributed by atoms with Crippen molar-refractivity contribution in [3.63, 3.8) is 0 Å². The Hall–Kier alpha value is 0.110. The quantitative estimate of drug-likeness (QED) is 0.507. The predicted molar refractivity (Wildman–Crippen MR) is 58.2 cm³/mol. The van der Waals surface area contributed by atoms with Crippen LogP contribution in [0, 0.1) is 0 Å². The number of rotatable bonds is 8. The Morgan fingerprint density at radius 2 is 1.79 bits per heavy atom. The average Bonchev–Trinajstić information content (AvgIpc) is 2.14. The van der Waals surface area contributed by atoms with E-state index in [9.17, 15) is 9.46 Å². The molecule has 0 fully saturated rings. The van der Waals surface area contributed by atoms with Crippen molar-refractivity contribution < 1.29 is 14.0 Å². The smallest absolute Gasteiger partial charge is 0.312 e. The molecule has 0 aliphatic rings. The highest BCUT2D eigenvalue weighted by atomic mass is 31.2. The fourth-order valence-corrected chi connectivity index (χ4v) is 2.44. The summed E-state index contributed by atoms with van der Waals surface area (Å²) >= 11 is 0. The van der Waals surface area contributed by atoms with Crippen LogP contribution >= 0.6 is 7.75 Å². The van der Waals surface area contributed by atoms with Gasteiger partial charge in [0, 0.05) is 13.1 Å². The van der Waals surface area contributed by atoms with E-state index in [1.165, 1.54) is 4.67 Å². The van der Waals surface area contributed by atoms with Crippen molar-refractivity contribution in [1.82, 2.24) is 4.67 Å². The van der Waals surface area contributed by atoms with Crippen LogP contribution in [-0.4, -0.2) is 29.3 Å². The third kappa shape index (κ3) is 5.11. The van der Waals surface area contributed by atoms with E-state index in [1.54, 1.807) is 0 Å². The van der Waals surface area contributed by atoms with Crippen LogP contribution in [0.25, 0.3) is 0 Å². The molecule has 0 heterocycles. The summed E-state index contributed by atoms with van der Waals surface area (Å²) in [6, 6.07) is 0. The Morgan fingerprint density at radius 3 is 2.21 bits per heavy atom. The summed E-state index contributed by atoms with van der Waals surface area (Å²) in [7, 11) is -3.51. The van der Waals surface area contributed by atoms with Crippen LogP contribution in [-0.2, 0) is 9.09 Å².